The van der Waals surface area contributed by atoms with E-state index in [2.05, 4.69) is 5.32 Å². The quantitative estimate of drug-likeness (QED) is 0.210. The second kappa shape index (κ2) is 17.9. The highest BCUT2D eigenvalue weighted by Crippen LogP contribution is 2.31. The number of benzene rings is 3. The second-order valence-corrected chi connectivity index (χ2v) is 12.5. The second-order valence-electron chi connectivity index (χ2n) is 12.5. The lowest BCUT2D eigenvalue weighted by molar-refractivity contribution is -0.262. The predicted molar refractivity (Wildman–Crippen MR) is 175 cm³/mol. The van der Waals surface area contributed by atoms with E-state index in [9.17, 15) is 14.7 Å². The summed E-state index contributed by atoms with van der Waals surface area (Å²) < 4.78 is 35.8. The van der Waals surface area contributed by atoms with Gasteiger partial charge in [-0.3, -0.25) is 0 Å². The van der Waals surface area contributed by atoms with Gasteiger partial charge >= 0.3 is 12.1 Å². The minimum Gasteiger partial charge on any atom is -0.467 e. The summed E-state index contributed by atoms with van der Waals surface area (Å²) in [5, 5.41) is 14.3. The number of alkyl carbamates (subject to hydrolysis) is 1. The molecule has 1 aliphatic heterocycles. The van der Waals surface area contributed by atoms with Gasteiger partial charge in [0.15, 0.2) is 0 Å². The largest absolute Gasteiger partial charge is 0.467 e. The summed E-state index contributed by atoms with van der Waals surface area (Å²) in [5.74, 6) is -0.634. The van der Waals surface area contributed by atoms with Crippen molar-refractivity contribution in [2.45, 2.75) is 95.6 Å². The number of aliphatic hydroxyl groups is 1. The minimum absolute atomic E-state index is 0.117. The molecule has 4 rings (SSSR count). The molecule has 47 heavy (non-hydrogen) atoms. The van der Waals surface area contributed by atoms with Crippen LogP contribution in [0.25, 0.3) is 0 Å². The van der Waals surface area contributed by atoms with E-state index in [4.69, 9.17) is 28.4 Å². The molecule has 0 saturated carbocycles. The van der Waals surface area contributed by atoms with Crippen LogP contribution < -0.4 is 5.32 Å². The van der Waals surface area contributed by atoms with Gasteiger partial charge in [-0.15, -0.1) is 0 Å². The van der Waals surface area contributed by atoms with Crippen LogP contribution in [-0.4, -0.2) is 73.0 Å². The molecule has 0 unspecified atom stereocenters. The Balaban J connectivity index is 1.54. The third kappa shape index (κ3) is 11.7. The molecule has 0 bridgehead atoms. The van der Waals surface area contributed by atoms with E-state index >= 15 is 0 Å². The van der Waals surface area contributed by atoms with Crippen molar-refractivity contribution in [3.05, 3.63) is 108 Å². The van der Waals surface area contributed by atoms with Crippen molar-refractivity contribution >= 4 is 12.1 Å². The first kappa shape index (κ1) is 36.0. The number of ether oxygens (including phenoxy) is 6. The standard InChI is InChI=1S/C37H47NO9/c1-37(2,3)47-36(41)38-29(35(40)42-4)20-21-30-32(39)34(45-24-28-18-12-7-13-19-28)33(44-23-27-16-10-6-11-17-27)31(46-30)25-43-22-26-14-8-5-9-15-26/h5-19,29-34,39H,20-25H2,1-4H3,(H,38,41)/t29-,30-,31+,32+,33+,34+/m0/s1. The van der Waals surface area contributed by atoms with E-state index in [0.29, 0.717) is 6.61 Å². The number of methoxy groups -OCH3 is 1. The summed E-state index contributed by atoms with van der Waals surface area (Å²) in [6.45, 7) is 6.24. The van der Waals surface area contributed by atoms with E-state index in [1.54, 1.807) is 20.8 Å². The molecule has 0 aliphatic carbocycles. The third-order valence-corrected chi connectivity index (χ3v) is 7.64. The molecular weight excluding hydrogens is 602 g/mol. The first-order valence-electron chi connectivity index (χ1n) is 16.0. The van der Waals surface area contributed by atoms with Gasteiger partial charge in [0, 0.05) is 0 Å². The SMILES string of the molecule is COC(=O)[C@H](CC[C@@H]1O[C@H](COCc2ccccc2)[C@@H](OCc2ccccc2)[C@H](OCc2ccccc2)[C@@H]1O)NC(=O)OC(C)(C)C. The molecule has 0 radical (unpaired) electrons. The van der Waals surface area contributed by atoms with Crippen LogP contribution in [-0.2, 0) is 53.0 Å². The number of hydrogen-bond acceptors (Lipinski definition) is 9. The molecule has 1 aliphatic rings. The highest BCUT2D eigenvalue weighted by molar-refractivity contribution is 5.81. The van der Waals surface area contributed by atoms with Crippen LogP contribution in [0, 0.1) is 0 Å². The first-order valence-corrected chi connectivity index (χ1v) is 16.0. The Morgan fingerprint density at radius 2 is 1.30 bits per heavy atom. The predicted octanol–water partition coefficient (Wildman–Crippen LogP) is 5.35. The Labute approximate surface area is 277 Å². The molecule has 10 nitrogen and oxygen atoms in total. The maximum atomic E-state index is 12.6. The van der Waals surface area contributed by atoms with Crippen molar-refractivity contribution in [1.29, 1.82) is 0 Å². The molecule has 3 aromatic rings. The van der Waals surface area contributed by atoms with E-state index in [0.717, 1.165) is 16.7 Å². The number of carbonyl (C=O) groups excluding carboxylic acids is 2. The summed E-state index contributed by atoms with van der Waals surface area (Å²) in [5.41, 5.74) is 2.16. The number of amides is 1. The van der Waals surface area contributed by atoms with Gasteiger partial charge in [0.1, 0.15) is 36.1 Å². The Kier molecular flexibility index (Phi) is 13.8. The van der Waals surface area contributed by atoms with Crippen molar-refractivity contribution in [2.75, 3.05) is 13.7 Å². The first-order chi connectivity index (χ1) is 22.6. The number of hydrogen-bond donors (Lipinski definition) is 2. The lowest BCUT2D eigenvalue weighted by Gasteiger charge is -2.45. The van der Waals surface area contributed by atoms with Gasteiger partial charge in [-0.05, 0) is 50.3 Å². The number of aliphatic hydroxyl groups excluding tert-OH is 1. The Morgan fingerprint density at radius 1 is 0.787 bits per heavy atom. The monoisotopic (exact) mass is 649 g/mol. The number of nitrogens with one attached hydrogen (secondary N) is 1. The zero-order valence-electron chi connectivity index (χ0n) is 27.6. The van der Waals surface area contributed by atoms with Crippen molar-refractivity contribution < 1.29 is 43.1 Å². The number of carbonyl (C=O) groups is 2. The summed E-state index contributed by atoms with van der Waals surface area (Å²) >= 11 is 0. The van der Waals surface area contributed by atoms with E-state index in [-0.39, 0.29) is 32.7 Å². The number of rotatable bonds is 15. The van der Waals surface area contributed by atoms with Gasteiger partial charge in [0.05, 0.1) is 39.6 Å². The van der Waals surface area contributed by atoms with Gasteiger partial charge in [-0.25, -0.2) is 9.59 Å². The normalized spacial score (nSPS) is 21.9. The maximum Gasteiger partial charge on any atom is 0.408 e. The fourth-order valence-electron chi connectivity index (χ4n) is 5.34. The van der Waals surface area contributed by atoms with Crippen LogP contribution in [0.2, 0.25) is 0 Å². The molecule has 0 spiro atoms. The molecule has 1 saturated heterocycles. The molecule has 0 aromatic heterocycles. The molecule has 2 N–H and O–H groups in total. The van der Waals surface area contributed by atoms with Gasteiger partial charge in [0.25, 0.3) is 0 Å². The number of esters is 1. The third-order valence-electron chi connectivity index (χ3n) is 7.64. The molecule has 1 heterocycles. The Bertz CT molecular complexity index is 1350. The average Bonchev–Trinajstić information content (AvgIpc) is 3.06. The van der Waals surface area contributed by atoms with Gasteiger partial charge in [-0.1, -0.05) is 91.0 Å². The van der Waals surface area contributed by atoms with Gasteiger partial charge in [-0.2, -0.15) is 0 Å². The topological polar surface area (TPSA) is 122 Å². The van der Waals surface area contributed by atoms with Crippen LogP contribution in [0.15, 0.2) is 91.0 Å². The summed E-state index contributed by atoms with van der Waals surface area (Å²) in [6, 6.07) is 28.2. The van der Waals surface area contributed by atoms with Crippen molar-refractivity contribution in [3.8, 4) is 0 Å². The molecular formula is C37H47NO9. The van der Waals surface area contributed by atoms with Crippen molar-refractivity contribution in [3.63, 3.8) is 0 Å². The molecule has 3 aromatic carbocycles. The lowest BCUT2D eigenvalue weighted by Crippen LogP contribution is -2.60. The van der Waals surface area contributed by atoms with Crippen molar-refractivity contribution in [1.82, 2.24) is 5.32 Å². The summed E-state index contributed by atoms with van der Waals surface area (Å²) in [4.78, 5) is 25.2. The lowest BCUT2D eigenvalue weighted by atomic mass is 9.91. The van der Waals surface area contributed by atoms with E-state index in [1.165, 1.54) is 7.11 Å². The van der Waals surface area contributed by atoms with Gasteiger partial charge < -0.3 is 38.8 Å². The summed E-state index contributed by atoms with van der Waals surface area (Å²) in [6.07, 6.45) is -4.42. The van der Waals surface area contributed by atoms with Gasteiger partial charge in [0.2, 0.25) is 0 Å². The fourth-order valence-corrected chi connectivity index (χ4v) is 5.34. The van der Waals surface area contributed by atoms with Crippen LogP contribution in [0.1, 0.15) is 50.3 Å². The van der Waals surface area contributed by atoms with Crippen LogP contribution in [0.5, 0.6) is 0 Å². The molecule has 6 atom stereocenters. The molecule has 1 amide bonds. The Hall–Kier alpha value is -3.80. The van der Waals surface area contributed by atoms with Crippen LogP contribution >= 0.6 is 0 Å². The zero-order valence-corrected chi connectivity index (χ0v) is 27.6. The highest BCUT2D eigenvalue weighted by Gasteiger charge is 2.47. The zero-order chi connectivity index (χ0) is 33.6. The average molecular weight is 650 g/mol. The Morgan fingerprint density at radius 3 is 1.81 bits per heavy atom. The smallest absolute Gasteiger partial charge is 0.408 e. The maximum absolute atomic E-state index is 12.6. The molecule has 10 heteroatoms. The minimum atomic E-state index is -1.12. The molecule has 254 valence electrons. The van der Waals surface area contributed by atoms with E-state index in [1.807, 2.05) is 91.0 Å². The van der Waals surface area contributed by atoms with Crippen molar-refractivity contribution in [2.24, 2.45) is 0 Å². The van der Waals surface area contributed by atoms with E-state index < -0.39 is 54.2 Å². The fraction of sp³-hybridized carbons (Fsp3) is 0.459. The van der Waals surface area contributed by atoms with Crippen LogP contribution in [0.4, 0.5) is 4.79 Å². The molecule has 1 fully saturated rings. The summed E-state index contributed by atoms with van der Waals surface area (Å²) in [7, 11) is 1.25. The van der Waals surface area contributed by atoms with Crippen LogP contribution in [0.3, 0.4) is 0 Å². The highest BCUT2D eigenvalue weighted by atomic mass is 16.6.